The molecule has 0 saturated carbocycles. The number of thioether (sulfide) groups is 1. The van der Waals surface area contributed by atoms with Gasteiger partial charge in [-0.1, -0.05) is 17.8 Å². The minimum Gasteiger partial charge on any atom is -0.503 e. The summed E-state index contributed by atoms with van der Waals surface area (Å²) in [6.45, 7) is 0. The monoisotopic (exact) mass is 292 g/mol. The lowest BCUT2D eigenvalue weighted by Crippen LogP contribution is -3.05. The fourth-order valence-electron chi connectivity index (χ4n) is 2.35. The zero-order valence-corrected chi connectivity index (χ0v) is 10.8. The Balaban J connectivity index is 2.09. The Labute approximate surface area is 117 Å². The van der Waals surface area contributed by atoms with Gasteiger partial charge in [0.1, 0.15) is 6.20 Å². The largest absolute Gasteiger partial charge is 0.503 e. The second kappa shape index (κ2) is 4.39. The number of hydrogen-bond donors (Lipinski definition) is 4. The molecule has 2 atom stereocenters. The van der Waals surface area contributed by atoms with Gasteiger partial charge in [-0.25, -0.2) is 9.59 Å². The van der Waals surface area contributed by atoms with Crippen molar-refractivity contribution in [3.8, 4) is 0 Å². The van der Waals surface area contributed by atoms with Crippen LogP contribution in [0, 0.1) is 0 Å². The molecule has 0 aromatic heterocycles. The first-order chi connectivity index (χ1) is 9.49. The van der Waals surface area contributed by atoms with Gasteiger partial charge in [-0.15, -0.1) is 0 Å². The van der Waals surface area contributed by atoms with Gasteiger partial charge in [-0.05, 0) is 12.1 Å². The third kappa shape index (κ3) is 1.79. The van der Waals surface area contributed by atoms with Crippen molar-refractivity contribution >= 4 is 29.5 Å². The van der Waals surface area contributed by atoms with Crippen LogP contribution in [0.5, 0.6) is 0 Å². The third-order valence-corrected chi connectivity index (χ3v) is 4.45. The quantitative estimate of drug-likeness (QED) is 0.644. The number of hydrogen-bond acceptors (Lipinski definition) is 4. The normalized spacial score (nSPS) is 23.4. The first-order valence-electron chi connectivity index (χ1n) is 5.73. The SMILES string of the molecule is O=C(O)C1=CSC2c3ccc(C(=O)O)cc3C(O)=C[NH+]12. The fraction of sp³-hybridized carbons (Fsp3) is 0.0769. The molecular weight excluding hydrogens is 282 g/mol. The number of aliphatic hydroxyl groups excluding tert-OH is 1. The molecule has 0 saturated heterocycles. The van der Waals surface area contributed by atoms with Crippen LogP contribution in [0.4, 0.5) is 0 Å². The highest BCUT2D eigenvalue weighted by Gasteiger charge is 2.41. The second-order valence-electron chi connectivity index (χ2n) is 4.44. The highest BCUT2D eigenvalue weighted by atomic mass is 32.2. The van der Waals surface area contributed by atoms with Crippen LogP contribution in [0.1, 0.15) is 26.9 Å². The Morgan fingerprint density at radius 1 is 1.20 bits per heavy atom. The number of aliphatic carboxylic acids is 1. The Kier molecular flexibility index (Phi) is 2.81. The first kappa shape index (κ1) is 12.8. The maximum atomic E-state index is 11.1. The lowest BCUT2D eigenvalue weighted by atomic mass is 9.99. The van der Waals surface area contributed by atoms with Crippen LogP contribution >= 0.6 is 11.8 Å². The van der Waals surface area contributed by atoms with E-state index in [2.05, 4.69) is 0 Å². The van der Waals surface area contributed by atoms with E-state index in [1.807, 2.05) is 0 Å². The number of fused-ring (bicyclic) bond motifs is 3. The van der Waals surface area contributed by atoms with Crippen LogP contribution < -0.4 is 4.90 Å². The molecule has 1 aromatic rings. The fourth-order valence-corrected chi connectivity index (χ4v) is 3.55. The van der Waals surface area contributed by atoms with Crippen LogP contribution in [0.15, 0.2) is 35.5 Å². The van der Waals surface area contributed by atoms with Gasteiger partial charge in [0.25, 0.3) is 0 Å². The number of aliphatic hydroxyl groups is 1. The molecule has 0 radical (unpaired) electrons. The summed E-state index contributed by atoms with van der Waals surface area (Å²) in [5.41, 5.74) is 1.41. The van der Waals surface area contributed by atoms with Crippen LogP contribution in [-0.4, -0.2) is 27.3 Å². The van der Waals surface area contributed by atoms with Crippen LogP contribution in [-0.2, 0) is 4.79 Å². The van der Waals surface area contributed by atoms with E-state index in [1.165, 1.54) is 30.1 Å². The molecule has 0 spiro atoms. The summed E-state index contributed by atoms with van der Waals surface area (Å²) in [5.74, 6) is -2.22. The van der Waals surface area contributed by atoms with Crippen molar-refractivity contribution in [1.29, 1.82) is 0 Å². The van der Waals surface area contributed by atoms with Crippen LogP contribution in [0.3, 0.4) is 0 Å². The van der Waals surface area contributed by atoms with E-state index >= 15 is 0 Å². The zero-order valence-electron chi connectivity index (χ0n) is 10.0. The Hall–Kier alpha value is -2.25. The number of aromatic carboxylic acids is 1. The molecule has 2 unspecified atom stereocenters. The summed E-state index contributed by atoms with van der Waals surface area (Å²) in [6, 6.07) is 4.48. The predicted molar refractivity (Wildman–Crippen MR) is 71.0 cm³/mol. The molecule has 4 N–H and O–H groups in total. The molecular formula is C13H10NO5S+. The maximum Gasteiger partial charge on any atom is 0.391 e. The average molecular weight is 292 g/mol. The van der Waals surface area contributed by atoms with Gasteiger partial charge in [0.2, 0.25) is 5.70 Å². The summed E-state index contributed by atoms with van der Waals surface area (Å²) in [7, 11) is 0. The minimum absolute atomic E-state index is 0.0848. The van der Waals surface area contributed by atoms with Gasteiger partial charge in [-0.2, -0.15) is 0 Å². The molecule has 2 aliphatic heterocycles. The van der Waals surface area contributed by atoms with Crippen molar-refractivity contribution in [2.75, 3.05) is 0 Å². The molecule has 7 heteroatoms. The van der Waals surface area contributed by atoms with E-state index in [-0.39, 0.29) is 22.4 Å². The van der Waals surface area contributed by atoms with Crippen molar-refractivity contribution in [3.63, 3.8) is 0 Å². The second-order valence-corrected chi connectivity index (χ2v) is 5.42. The van der Waals surface area contributed by atoms with Crippen molar-refractivity contribution in [2.24, 2.45) is 0 Å². The summed E-state index contributed by atoms with van der Waals surface area (Å²) < 4.78 is 0. The standard InChI is InChI=1S/C13H9NO5S/c15-10-4-14-9(13(18)19)5-20-11(14)7-2-1-6(12(16)17)3-8(7)10/h1-5,11,15H,(H,16,17)(H,18,19)/p+1. The van der Waals surface area contributed by atoms with Crippen molar-refractivity contribution in [3.05, 3.63) is 52.2 Å². The first-order valence-corrected chi connectivity index (χ1v) is 6.67. The van der Waals surface area contributed by atoms with E-state index in [4.69, 9.17) is 10.2 Å². The number of carboxylic acid groups (broad SMARTS) is 2. The van der Waals surface area contributed by atoms with E-state index in [0.717, 1.165) is 5.56 Å². The Morgan fingerprint density at radius 3 is 2.60 bits per heavy atom. The average Bonchev–Trinajstić information content (AvgIpc) is 2.82. The highest BCUT2D eigenvalue weighted by molar-refractivity contribution is 8.02. The number of rotatable bonds is 2. The van der Waals surface area contributed by atoms with Gasteiger partial charge in [0, 0.05) is 16.5 Å². The molecule has 0 bridgehead atoms. The molecule has 6 nitrogen and oxygen atoms in total. The summed E-state index contributed by atoms with van der Waals surface area (Å²) in [5, 5.41) is 29.5. The van der Waals surface area contributed by atoms with Gasteiger partial charge in [-0.3, -0.25) is 4.90 Å². The number of benzene rings is 1. The van der Waals surface area contributed by atoms with E-state index in [0.29, 0.717) is 10.5 Å². The van der Waals surface area contributed by atoms with Crippen molar-refractivity contribution in [1.82, 2.24) is 0 Å². The molecule has 102 valence electrons. The summed E-state index contributed by atoms with van der Waals surface area (Å²) in [6.07, 6.45) is 1.40. The molecule has 1 aromatic carbocycles. The van der Waals surface area contributed by atoms with Gasteiger partial charge in [0.05, 0.1) is 5.56 Å². The molecule has 2 aliphatic rings. The summed E-state index contributed by atoms with van der Waals surface area (Å²) in [4.78, 5) is 22.6. The number of carbonyl (C=O) groups is 2. The van der Waals surface area contributed by atoms with Crippen LogP contribution in [0.25, 0.3) is 5.76 Å². The number of nitrogens with one attached hydrogen (secondary N) is 1. The van der Waals surface area contributed by atoms with Gasteiger partial charge in [0.15, 0.2) is 11.1 Å². The molecule has 0 fully saturated rings. The van der Waals surface area contributed by atoms with E-state index in [9.17, 15) is 14.7 Å². The van der Waals surface area contributed by atoms with E-state index in [1.54, 1.807) is 11.5 Å². The molecule has 0 amide bonds. The zero-order chi connectivity index (χ0) is 14.4. The molecule has 20 heavy (non-hydrogen) atoms. The van der Waals surface area contributed by atoms with Crippen LogP contribution in [0.2, 0.25) is 0 Å². The summed E-state index contributed by atoms with van der Waals surface area (Å²) >= 11 is 1.34. The Bertz CT molecular complexity index is 694. The maximum absolute atomic E-state index is 11.1. The van der Waals surface area contributed by atoms with Crippen molar-refractivity contribution in [2.45, 2.75) is 5.37 Å². The van der Waals surface area contributed by atoms with Crippen molar-refractivity contribution < 1.29 is 29.8 Å². The molecule has 2 heterocycles. The third-order valence-electron chi connectivity index (χ3n) is 3.30. The molecule has 3 rings (SSSR count). The van der Waals surface area contributed by atoms with Gasteiger partial charge >= 0.3 is 11.9 Å². The lowest BCUT2D eigenvalue weighted by molar-refractivity contribution is -0.816. The lowest BCUT2D eigenvalue weighted by Gasteiger charge is -2.25. The minimum atomic E-state index is -1.07. The number of carboxylic acids is 2. The number of quaternary nitrogens is 1. The molecule has 0 aliphatic carbocycles. The smallest absolute Gasteiger partial charge is 0.391 e. The van der Waals surface area contributed by atoms with E-state index < -0.39 is 11.9 Å². The Morgan fingerprint density at radius 2 is 1.95 bits per heavy atom. The topological polar surface area (TPSA) is 99.3 Å². The predicted octanol–water partition coefficient (Wildman–Crippen LogP) is 0.811. The van der Waals surface area contributed by atoms with Gasteiger partial charge < -0.3 is 15.3 Å². The highest BCUT2D eigenvalue weighted by Crippen LogP contribution is 2.37.